The molecule has 56 heavy (non-hydrogen) atoms. The number of thioether (sulfide) groups is 7. The number of nitrogens with zero attached hydrogens (tertiary/aromatic N) is 1. The van der Waals surface area contributed by atoms with Gasteiger partial charge in [-0.25, -0.2) is 38.4 Å². The van der Waals surface area contributed by atoms with Crippen LogP contribution in [0, 0.1) is 0 Å². The summed E-state index contributed by atoms with van der Waals surface area (Å²) >= 11 is 5.50. The Kier molecular flexibility index (Phi) is 13.3. The van der Waals surface area contributed by atoms with E-state index in [2.05, 4.69) is 0 Å². The van der Waals surface area contributed by atoms with Crippen molar-refractivity contribution in [3.63, 3.8) is 0 Å². The molecule has 0 unspecified atom stereocenters. The summed E-state index contributed by atoms with van der Waals surface area (Å²) in [6.07, 6.45) is 0. The zero-order valence-corrected chi connectivity index (χ0v) is 36.3. The van der Waals surface area contributed by atoms with Crippen molar-refractivity contribution < 1.29 is 76.3 Å². The quantitative estimate of drug-likeness (QED) is 0.239. The average molecular weight is 908 g/mol. The summed E-state index contributed by atoms with van der Waals surface area (Å²) in [4.78, 5) is 109. The van der Waals surface area contributed by atoms with Crippen LogP contribution in [0.1, 0.15) is 6.92 Å². The predicted molar refractivity (Wildman–Crippen MR) is 209 cm³/mol. The van der Waals surface area contributed by atoms with E-state index in [1.54, 1.807) is 11.8 Å². The van der Waals surface area contributed by atoms with Crippen LogP contribution in [0.15, 0.2) is 60.4 Å². The van der Waals surface area contributed by atoms with Crippen LogP contribution < -0.4 is 0 Å². The molecule has 0 aromatic carbocycles. The first-order valence-electron chi connectivity index (χ1n) is 15.4. The minimum atomic E-state index is -1.92. The second-order valence-corrected chi connectivity index (χ2v) is 19.6. The SMILES string of the molecule is CCN1C2=C(SC3=C1C1(SC(C(=O)OC)=C(C(=O)OC)S1)C(C(=O)OC)=C(C(=O)OC)S3)SC(C(=O)OC)=C(C(=O)OC)C21SC(C(=O)OC)=C(C(=O)OC)S1. The van der Waals surface area contributed by atoms with Gasteiger partial charge in [0.05, 0.1) is 87.9 Å². The zero-order valence-electron chi connectivity index (χ0n) is 30.5. The van der Waals surface area contributed by atoms with E-state index in [1.165, 1.54) is 0 Å². The summed E-state index contributed by atoms with van der Waals surface area (Å²) in [6.45, 7) is 1.70. The van der Waals surface area contributed by atoms with Crippen LogP contribution >= 0.6 is 82.3 Å². The first-order valence-corrected chi connectivity index (χ1v) is 21.1. The van der Waals surface area contributed by atoms with Crippen LogP contribution in [-0.4, -0.2) is 124 Å². The Morgan fingerprint density at radius 3 is 0.893 bits per heavy atom. The zero-order chi connectivity index (χ0) is 41.4. The van der Waals surface area contributed by atoms with Gasteiger partial charge >= 0.3 is 47.8 Å². The van der Waals surface area contributed by atoms with Gasteiger partial charge in [-0.1, -0.05) is 82.3 Å². The molecule has 0 N–H and O–H groups in total. The van der Waals surface area contributed by atoms with Crippen molar-refractivity contribution in [3.05, 3.63) is 60.4 Å². The monoisotopic (exact) mass is 907 g/mol. The van der Waals surface area contributed by atoms with Gasteiger partial charge in [-0.05, 0) is 6.92 Å². The number of hydrogen-bond donors (Lipinski definition) is 0. The number of ether oxygens (including phenoxy) is 8. The van der Waals surface area contributed by atoms with Crippen molar-refractivity contribution in [3.8, 4) is 0 Å². The highest BCUT2D eigenvalue weighted by molar-refractivity contribution is 8.34. The second kappa shape index (κ2) is 17.1. The molecular formula is C32H29NO16S7. The molecular weight excluding hydrogens is 879 g/mol. The molecule has 0 aromatic heterocycles. The van der Waals surface area contributed by atoms with Crippen LogP contribution in [0.5, 0.6) is 0 Å². The first-order chi connectivity index (χ1) is 26.6. The Hall–Kier alpha value is -3.55. The maximum Gasteiger partial charge on any atom is 0.345 e. The lowest BCUT2D eigenvalue weighted by molar-refractivity contribution is -0.139. The Morgan fingerprint density at radius 2 is 0.661 bits per heavy atom. The fraction of sp³-hybridized carbons (Fsp3) is 0.375. The molecule has 0 amide bonds. The van der Waals surface area contributed by atoms with Crippen molar-refractivity contribution in [2.75, 3.05) is 63.4 Å². The Labute approximate surface area is 348 Å². The molecule has 0 fully saturated rings. The maximum atomic E-state index is 14.0. The van der Waals surface area contributed by atoms with E-state index < -0.39 is 55.9 Å². The average Bonchev–Trinajstić information content (AvgIpc) is 3.81. The number of fused-ring (bicyclic) bond motifs is 2. The molecule has 5 aliphatic rings. The van der Waals surface area contributed by atoms with Gasteiger partial charge in [-0.2, -0.15) is 0 Å². The van der Waals surface area contributed by atoms with E-state index in [-0.39, 0.29) is 58.5 Å². The number of methoxy groups -OCH3 is 8. The van der Waals surface area contributed by atoms with Gasteiger partial charge in [0.2, 0.25) is 0 Å². The summed E-state index contributed by atoms with van der Waals surface area (Å²) in [5, 5.41) is 0. The maximum absolute atomic E-state index is 14.0. The number of carbonyl (C=O) groups is 8. The van der Waals surface area contributed by atoms with Gasteiger partial charge in [0, 0.05) is 6.54 Å². The molecule has 300 valence electrons. The standard InChI is InChI=1S/C32H29NO16S7/c1-10-33-19-29(50-13(23(36)44-4)11(21(34)42-2)31(19)53-15(25(38)46-6)16(54-31)26(39)47-7)52-30-20(33)32(12(22(35)43-3)14(51-30)24(37)45-5)55-17(27(40)48-8)18(56-32)28(41)49-9/h10H2,1-9H3. The fourth-order valence-corrected chi connectivity index (χ4v) is 17.6. The summed E-state index contributed by atoms with van der Waals surface area (Å²) in [5.74, 6) is -7.81. The Morgan fingerprint density at radius 1 is 0.411 bits per heavy atom. The highest BCUT2D eigenvalue weighted by Crippen LogP contribution is 2.75. The van der Waals surface area contributed by atoms with E-state index in [9.17, 15) is 38.4 Å². The molecule has 24 heteroatoms. The molecule has 5 rings (SSSR count). The van der Waals surface area contributed by atoms with E-state index in [1.807, 2.05) is 0 Å². The smallest absolute Gasteiger partial charge is 0.345 e. The lowest BCUT2D eigenvalue weighted by Gasteiger charge is -2.50. The van der Waals surface area contributed by atoms with Crippen molar-refractivity contribution in [2.24, 2.45) is 0 Å². The third-order valence-electron chi connectivity index (χ3n) is 7.95. The minimum absolute atomic E-state index is 0.00264. The van der Waals surface area contributed by atoms with Gasteiger partial charge in [-0.3, -0.25) is 0 Å². The van der Waals surface area contributed by atoms with Gasteiger partial charge in [0.1, 0.15) is 37.6 Å². The van der Waals surface area contributed by atoms with E-state index in [0.717, 1.165) is 92.2 Å². The summed E-state index contributed by atoms with van der Waals surface area (Å²) in [6, 6.07) is 0. The molecule has 0 atom stereocenters. The van der Waals surface area contributed by atoms with Crippen molar-refractivity contribution >= 4 is 130 Å². The molecule has 0 radical (unpaired) electrons. The topological polar surface area (TPSA) is 214 Å². The summed E-state index contributed by atoms with van der Waals surface area (Å²) in [7, 11) is 8.72. The molecule has 0 saturated heterocycles. The molecule has 5 aliphatic heterocycles. The van der Waals surface area contributed by atoms with Crippen LogP contribution in [0.3, 0.4) is 0 Å². The molecule has 0 aliphatic carbocycles. The van der Waals surface area contributed by atoms with Crippen LogP contribution in [0.25, 0.3) is 0 Å². The van der Waals surface area contributed by atoms with Gasteiger partial charge in [-0.15, -0.1) is 0 Å². The summed E-state index contributed by atoms with van der Waals surface area (Å²) < 4.78 is 37.6. The third kappa shape index (κ3) is 6.82. The van der Waals surface area contributed by atoms with Gasteiger partial charge in [0.25, 0.3) is 0 Å². The Bertz CT molecular complexity index is 1880. The van der Waals surface area contributed by atoms with Gasteiger partial charge < -0.3 is 42.8 Å². The third-order valence-corrected chi connectivity index (χ3v) is 17.9. The molecule has 2 spiro atoms. The van der Waals surface area contributed by atoms with Crippen molar-refractivity contribution in [2.45, 2.75) is 15.1 Å². The minimum Gasteiger partial charge on any atom is -0.466 e. The molecule has 5 heterocycles. The number of hydrogen-bond acceptors (Lipinski definition) is 24. The highest BCUT2D eigenvalue weighted by Gasteiger charge is 2.65. The molecule has 0 saturated carbocycles. The fourth-order valence-electron chi connectivity index (χ4n) is 5.65. The molecule has 17 nitrogen and oxygen atoms in total. The lowest BCUT2D eigenvalue weighted by Crippen LogP contribution is -2.49. The van der Waals surface area contributed by atoms with Crippen LogP contribution in [0.4, 0.5) is 0 Å². The molecule has 0 aromatic rings. The van der Waals surface area contributed by atoms with Crippen LogP contribution in [-0.2, 0) is 76.3 Å². The Balaban J connectivity index is 1.89. The predicted octanol–water partition coefficient (Wildman–Crippen LogP) is 3.55. The van der Waals surface area contributed by atoms with E-state index in [4.69, 9.17) is 37.9 Å². The van der Waals surface area contributed by atoms with Gasteiger partial charge in [0.15, 0.2) is 0 Å². The van der Waals surface area contributed by atoms with Crippen molar-refractivity contribution in [1.29, 1.82) is 0 Å². The lowest BCUT2D eigenvalue weighted by atomic mass is 10.0. The second-order valence-electron chi connectivity index (χ2n) is 10.6. The highest BCUT2D eigenvalue weighted by atomic mass is 32.2. The van der Waals surface area contributed by atoms with Crippen LogP contribution in [0.2, 0.25) is 0 Å². The normalized spacial score (nSPS) is 19.5. The molecule has 0 bridgehead atoms. The largest absolute Gasteiger partial charge is 0.466 e. The van der Waals surface area contributed by atoms with Crippen molar-refractivity contribution in [1.82, 2.24) is 4.90 Å². The first kappa shape index (κ1) is 43.6. The summed E-state index contributed by atoms with van der Waals surface area (Å²) in [5.41, 5.74) is -0.230. The number of esters is 8. The van der Waals surface area contributed by atoms with E-state index in [0.29, 0.717) is 55.5 Å². The number of carbonyl (C=O) groups excluding carboxylic acids is 8. The number of rotatable bonds is 9. The van der Waals surface area contributed by atoms with E-state index >= 15 is 0 Å².